The number of hydrogen-bond donors (Lipinski definition) is 1. The number of thiazole rings is 1. The molecule has 0 aliphatic carbocycles. The Labute approximate surface area is 96.9 Å². The molecule has 0 amide bonds. The highest BCUT2D eigenvalue weighted by Crippen LogP contribution is 2.32. The molecule has 1 rings (SSSR count). The lowest BCUT2D eigenvalue weighted by molar-refractivity contribution is 0.562. The Hall–Kier alpha value is -0.410. The van der Waals surface area contributed by atoms with E-state index in [1.165, 1.54) is 15.6 Å². The van der Waals surface area contributed by atoms with Crippen molar-refractivity contribution < 1.29 is 0 Å². The Balaban J connectivity index is 3.12. The van der Waals surface area contributed by atoms with Gasteiger partial charge in [-0.2, -0.15) is 0 Å². The van der Waals surface area contributed by atoms with Gasteiger partial charge in [0.15, 0.2) is 0 Å². The quantitative estimate of drug-likeness (QED) is 0.860. The number of rotatable bonds is 3. The maximum absolute atomic E-state index is 5.64. The highest BCUT2D eigenvalue weighted by molar-refractivity contribution is 7.11. The fourth-order valence-electron chi connectivity index (χ4n) is 1.50. The van der Waals surface area contributed by atoms with E-state index < -0.39 is 0 Å². The Morgan fingerprint density at radius 1 is 1.33 bits per heavy atom. The van der Waals surface area contributed by atoms with Crippen LogP contribution in [0.1, 0.15) is 56.1 Å². The van der Waals surface area contributed by atoms with Crippen molar-refractivity contribution in [3.8, 4) is 0 Å². The summed E-state index contributed by atoms with van der Waals surface area (Å²) in [7, 11) is 0. The van der Waals surface area contributed by atoms with E-state index in [4.69, 9.17) is 10.7 Å². The summed E-state index contributed by atoms with van der Waals surface area (Å²) in [5, 5.41) is 1.24. The zero-order valence-corrected chi connectivity index (χ0v) is 11.2. The lowest BCUT2D eigenvalue weighted by Crippen LogP contribution is -2.15. The zero-order chi connectivity index (χ0) is 11.6. The Morgan fingerprint density at radius 2 is 1.93 bits per heavy atom. The molecular formula is C12H22N2S. The molecule has 0 fully saturated rings. The monoisotopic (exact) mass is 226 g/mol. The van der Waals surface area contributed by atoms with E-state index >= 15 is 0 Å². The van der Waals surface area contributed by atoms with Crippen molar-refractivity contribution in [3.05, 3.63) is 15.6 Å². The predicted molar refractivity (Wildman–Crippen MR) is 67.7 cm³/mol. The first-order valence-electron chi connectivity index (χ1n) is 5.56. The minimum Gasteiger partial charge on any atom is -0.330 e. The summed E-state index contributed by atoms with van der Waals surface area (Å²) in [4.78, 5) is 6.13. The van der Waals surface area contributed by atoms with E-state index in [1.54, 1.807) is 0 Å². The molecule has 0 aromatic carbocycles. The summed E-state index contributed by atoms with van der Waals surface area (Å²) in [5.74, 6) is 0.516. The summed E-state index contributed by atoms with van der Waals surface area (Å²) in [6.45, 7) is 11.7. The van der Waals surface area contributed by atoms with Crippen LogP contribution in [0.3, 0.4) is 0 Å². The average Bonchev–Trinajstić information content (AvgIpc) is 2.48. The van der Waals surface area contributed by atoms with Crippen molar-refractivity contribution >= 4 is 11.3 Å². The van der Waals surface area contributed by atoms with E-state index in [-0.39, 0.29) is 5.41 Å². The first kappa shape index (κ1) is 12.7. The summed E-state index contributed by atoms with van der Waals surface area (Å²) >= 11 is 1.83. The van der Waals surface area contributed by atoms with Gasteiger partial charge in [-0.05, 0) is 13.0 Å². The van der Waals surface area contributed by atoms with Gasteiger partial charge in [0.25, 0.3) is 0 Å². The van der Waals surface area contributed by atoms with E-state index in [0.29, 0.717) is 12.5 Å². The molecule has 2 nitrogen and oxygen atoms in total. The zero-order valence-electron chi connectivity index (χ0n) is 10.4. The van der Waals surface area contributed by atoms with Crippen LogP contribution in [0.25, 0.3) is 0 Å². The van der Waals surface area contributed by atoms with Crippen LogP contribution in [-0.4, -0.2) is 11.5 Å². The minimum atomic E-state index is 0.133. The predicted octanol–water partition coefficient (Wildman–Crippen LogP) is 3.07. The van der Waals surface area contributed by atoms with Crippen LogP contribution in [-0.2, 0) is 11.8 Å². The average molecular weight is 226 g/mol. The molecule has 0 aliphatic heterocycles. The maximum Gasteiger partial charge on any atom is 0.0956 e. The van der Waals surface area contributed by atoms with Crippen molar-refractivity contribution in [2.45, 2.75) is 52.4 Å². The molecule has 0 aliphatic rings. The molecular weight excluding hydrogens is 204 g/mol. The molecule has 0 atom stereocenters. The Bertz CT molecular complexity index is 321. The van der Waals surface area contributed by atoms with E-state index in [9.17, 15) is 0 Å². The smallest absolute Gasteiger partial charge is 0.0956 e. The molecule has 0 bridgehead atoms. The third kappa shape index (κ3) is 3.02. The molecule has 0 radical (unpaired) electrons. The highest BCUT2D eigenvalue weighted by atomic mass is 32.1. The molecule has 1 aromatic heterocycles. The number of nitrogens with two attached hydrogens (primary N) is 1. The lowest BCUT2D eigenvalue weighted by Gasteiger charge is -2.17. The van der Waals surface area contributed by atoms with Crippen LogP contribution >= 0.6 is 11.3 Å². The molecule has 0 saturated heterocycles. The van der Waals surface area contributed by atoms with Gasteiger partial charge in [0, 0.05) is 16.2 Å². The molecule has 0 saturated carbocycles. The largest absolute Gasteiger partial charge is 0.330 e. The first-order chi connectivity index (χ1) is 6.86. The van der Waals surface area contributed by atoms with Gasteiger partial charge < -0.3 is 5.73 Å². The van der Waals surface area contributed by atoms with Gasteiger partial charge >= 0.3 is 0 Å². The Kier molecular flexibility index (Phi) is 3.90. The normalized spacial score (nSPS) is 12.5. The van der Waals surface area contributed by atoms with Crippen LogP contribution in [0.5, 0.6) is 0 Å². The van der Waals surface area contributed by atoms with Crippen molar-refractivity contribution in [1.82, 2.24) is 4.98 Å². The van der Waals surface area contributed by atoms with Crippen molar-refractivity contribution in [3.63, 3.8) is 0 Å². The van der Waals surface area contributed by atoms with Crippen LogP contribution in [0.2, 0.25) is 0 Å². The van der Waals surface area contributed by atoms with Crippen LogP contribution in [0.4, 0.5) is 0 Å². The molecule has 15 heavy (non-hydrogen) atoms. The summed E-state index contributed by atoms with van der Waals surface area (Å²) in [6.07, 6.45) is 0.955. The highest BCUT2D eigenvalue weighted by Gasteiger charge is 2.23. The lowest BCUT2D eigenvalue weighted by atomic mass is 9.91. The van der Waals surface area contributed by atoms with E-state index in [0.717, 1.165) is 6.42 Å². The third-order valence-corrected chi connectivity index (χ3v) is 3.71. The third-order valence-electron chi connectivity index (χ3n) is 2.29. The van der Waals surface area contributed by atoms with Crippen LogP contribution < -0.4 is 5.73 Å². The molecule has 86 valence electrons. The minimum absolute atomic E-state index is 0.133. The van der Waals surface area contributed by atoms with Gasteiger partial charge in [0.1, 0.15) is 0 Å². The second kappa shape index (κ2) is 4.62. The van der Waals surface area contributed by atoms with Gasteiger partial charge in [0.2, 0.25) is 0 Å². The summed E-state index contributed by atoms with van der Waals surface area (Å²) in [5.41, 5.74) is 7.01. The first-order valence-corrected chi connectivity index (χ1v) is 6.38. The molecule has 0 unspecified atom stereocenters. The standard InChI is InChI=1S/C12H22N2S/c1-8(2)11-14-10(12(3,4)5)9(15-11)6-7-13/h8H,6-7,13H2,1-5H3. The number of hydrogen-bond acceptors (Lipinski definition) is 3. The Morgan fingerprint density at radius 3 is 2.33 bits per heavy atom. The van der Waals surface area contributed by atoms with Gasteiger partial charge in [-0.1, -0.05) is 34.6 Å². The van der Waals surface area contributed by atoms with Crippen LogP contribution in [0, 0.1) is 0 Å². The number of aromatic nitrogens is 1. The second-order valence-electron chi connectivity index (χ2n) is 5.27. The molecule has 3 heteroatoms. The molecule has 1 aromatic rings. The summed E-state index contributed by atoms with van der Waals surface area (Å²) in [6, 6.07) is 0. The van der Waals surface area contributed by atoms with Crippen LogP contribution in [0.15, 0.2) is 0 Å². The van der Waals surface area contributed by atoms with Gasteiger partial charge in [-0.3, -0.25) is 0 Å². The van der Waals surface area contributed by atoms with Gasteiger partial charge in [0.05, 0.1) is 10.7 Å². The van der Waals surface area contributed by atoms with E-state index in [2.05, 4.69) is 34.6 Å². The van der Waals surface area contributed by atoms with Gasteiger partial charge in [-0.15, -0.1) is 11.3 Å². The molecule has 1 heterocycles. The van der Waals surface area contributed by atoms with E-state index in [1.807, 2.05) is 11.3 Å². The van der Waals surface area contributed by atoms with Crippen molar-refractivity contribution in [1.29, 1.82) is 0 Å². The second-order valence-corrected chi connectivity index (χ2v) is 6.38. The molecule has 2 N–H and O–H groups in total. The van der Waals surface area contributed by atoms with Crippen molar-refractivity contribution in [2.24, 2.45) is 5.73 Å². The number of nitrogens with zero attached hydrogens (tertiary/aromatic N) is 1. The SMILES string of the molecule is CC(C)c1nc(C(C)(C)C)c(CCN)s1. The van der Waals surface area contributed by atoms with Gasteiger partial charge in [-0.25, -0.2) is 4.98 Å². The van der Waals surface area contributed by atoms with Crippen molar-refractivity contribution in [2.75, 3.05) is 6.54 Å². The topological polar surface area (TPSA) is 38.9 Å². The maximum atomic E-state index is 5.64. The fraction of sp³-hybridized carbons (Fsp3) is 0.750. The fourth-order valence-corrected chi connectivity index (χ4v) is 2.80. The molecule has 0 spiro atoms. The summed E-state index contributed by atoms with van der Waals surface area (Å²) < 4.78 is 0.